The Kier molecular flexibility index (Phi) is 6.01. The summed E-state index contributed by atoms with van der Waals surface area (Å²) in [6, 6.07) is 9.40. The summed E-state index contributed by atoms with van der Waals surface area (Å²) >= 11 is 3.45. The van der Waals surface area contributed by atoms with Crippen molar-refractivity contribution in [3.05, 3.63) is 69.3 Å². The Morgan fingerprint density at radius 3 is 2.67 bits per heavy atom. The summed E-state index contributed by atoms with van der Waals surface area (Å²) in [5.41, 5.74) is 2.91. The first-order chi connectivity index (χ1) is 13.0. The number of hydrogen-bond acceptors (Lipinski definition) is 4. The number of nitrogens with one attached hydrogen (secondary N) is 1. The number of aromatic nitrogens is 2. The second-order valence-electron chi connectivity index (χ2n) is 6.24. The quantitative estimate of drug-likeness (QED) is 0.602. The number of amides is 1. The molecule has 27 heavy (non-hydrogen) atoms. The number of aryl methyl sites for hydroxylation is 3. The number of hydrogen-bond donors (Lipinski definition) is 1. The van der Waals surface area contributed by atoms with E-state index in [1.807, 2.05) is 49.8 Å². The van der Waals surface area contributed by atoms with Gasteiger partial charge in [-0.2, -0.15) is 5.10 Å². The summed E-state index contributed by atoms with van der Waals surface area (Å²) in [6.45, 7) is 7.37. The number of carbonyl (C=O) groups is 1. The van der Waals surface area contributed by atoms with Crippen LogP contribution in [0.15, 0.2) is 45.4 Å². The smallest absolute Gasteiger partial charge is 0.287 e. The Bertz CT molecular complexity index is 926. The van der Waals surface area contributed by atoms with Crippen LogP contribution in [0.3, 0.4) is 0 Å². The van der Waals surface area contributed by atoms with Gasteiger partial charge in [0.1, 0.15) is 18.1 Å². The molecule has 0 spiro atoms. The Hall–Kier alpha value is -2.54. The fourth-order valence-electron chi connectivity index (χ4n) is 2.72. The van der Waals surface area contributed by atoms with Crippen molar-refractivity contribution in [3.8, 4) is 5.75 Å². The van der Waals surface area contributed by atoms with Gasteiger partial charge in [0.2, 0.25) is 0 Å². The Labute approximate surface area is 166 Å². The van der Waals surface area contributed by atoms with Crippen LogP contribution in [-0.2, 0) is 19.7 Å². The molecule has 0 aliphatic heterocycles. The Balaban J connectivity index is 1.58. The fourth-order valence-corrected chi connectivity index (χ4v) is 3.17. The largest absolute Gasteiger partial charge is 0.485 e. The van der Waals surface area contributed by atoms with Crippen LogP contribution in [0.2, 0.25) is 0 Å². The van der Waals surface area contributed by atoms with E-state index in [2.05, 4.69) is 26.3 Å². The van der Waals surface area contributed by atoms with E-state index in [-0.39, 0.29) is 18.3 Å². The molecular weight excluding hydrogens is 410 g/mol. The number of ether oxygens (including phenoxy) is 1. The first kappa shape index (κ1) is 19.2. The highest BCUT2D eigenvalue weighted by Crippen LogP contribution is 2.24. The third-order valence-corrected chi connectivity index (χ3v) is 4.84. The standard InChI is InChI=1S/C20H22BrN3O3/c1-4-24-11-16(21)17(23-24)10-22-20(25)18-9-8-15(27-18)12-26-19-13(2)6-5-7-14(19)3/h5-9,11H,4,10,12H2,1-3H3,(H,22,25). The van der Waals surface area contributed by atoms with Crippen molar-refractivity contribution in [1.82, 2.24) is 15.1 Å². The van der Waals surface area contributed by atoms with Gasteiger partial charge in [-0.3, -0.25) is 9.48 Å². The molecule has 0 saturated carbocycles. The second-order valence-corrected chi connectivity index (χ2v) is 7.09. The average Bonchev–Trinajstić information content (AvgIpc) is 3.26. The van der Waals surface area contributed by atoms with Crippen molar-refractivity contribution >= 4 is 21.8 Å². The maximum atomic E-state index is 12.3. The monoisotopic (exact) mass is 431 g/mol. The number of carbonyl (C=O) groups excluding carboxylic acids is 1. The van der Waals surface area contributed by atoms with Crippen molar-refractivity contribution < 1.29 is 13.9 Å². The second kappa shape index (κ2) is 8.43. The predicted octanol–water partition coefficient (Wildman–Crippen LogP) is 4.38. The van der Waals surface area contributed by atoms with Crippen LogP contribution in [0, 0.1) is 13.8 Å². The molecule has 142 valence electrons. The van der Waals surface area contributed by atoms with E-state index in [1.54, 1.807) is 12.1 Å². The Morgan fingerprint density at radius 1 is 1.26 bits per heavy atom. The summed E-state index contributed by atoms with van der Waals surface area (Å²) in [5.74, 6) is 1.41. The maximum Gasteiger partial charge on any atom is 0.287 e. The summed E-state index contributed by atoms with van der Waals surface area (Å²) in [6.07, 6.45) is 1.89. The van der Waals surface area contributed by atoms with Crippen LogP contribution < -0.4 is 10.1 Å². The molecule has 1 N–H and O–H groups in total. The topological polar surface area (TPSA) is 69.3 Å². The first-order valence-electron chi connectivity index (χ1n) is 8.75. The minimum atomic E-state index is -0.286. The maximum absolute atomic E-state index is 12.3. The molecule has 0 aliphatic carbocycles. The summed E-state index contributed by atoms with van der Waals surface area (Å²) < 4.78 is 14.2. The van der Waals surface area contributed by atoms with Gasteiger partial charge < -0.3 is 14.5 Å². The molecule has 3 aromatic rings. The van der Waals surface area contributed by atoms with E-state index in [4.69, 9.17) is 9.15 Å². The highest BCUT2D eigenvalue weighted by Gasteiger charge is 2.14. The van der Waals surface area contributed by atoms with Crippen molar-refractivity contribution in [2.75, 3.05) is 0 Å². The number of halogens is 1. The van der Waals surface area contributed by atoms with Crippen LogP contribution >= 0.6 is 15.9 Å². The minimum Gasteiger partial charge on any atom is -0.485 e. The van der Waals surface area contributed by atoms with E-state index < -0.39 is 0 Å². The van der Waals surface area contributed by atoms with Crippen molar-refractivity contribution in [1.29, 1.82) is 0 Å². The van der Waals surface area contributed by atoms with Gasteiger partial charge in [0.25, 0.3) is 5.91 Å². The molecule has 1 aromatic carbocycles. The summed E-state index contributed by atoms with van der Waals surface area (Å²) in [7, 11) is 0. The molecule has 0 fully saturated rings. The zero-order valence-electron chi connectivity index (χ0n) is 15.6. The molecule has 0 radical (unpaired) electrons. The van der Waals surface area contributed by atoms with E-state index in [9.17, 15) is 4.79 Å². The van der Waals surface area contributed by atoms with Gasteiger partial charge in [0.05, 0.1) is 16.7 Å². The zero-order valence-corrected chi connectivity index (χ0v) is 17.2. The molecule has 1 amide bonds. The van der Waals surface area contributed by atoms with Gasteiger partial charge in [-0.05, 0) is 60.0 Å². The van der Waals surface area contributed by atoms with Crippen LogP contribution in [0.5, 0.6) is 5.75 Å². The molecule has 2 heterocycles. The average molecular weight is 432 g/mol. The molecule has 6 nitrogen and oxygen atoms in total. The normalized spacial score (nSPS) is 10.8. The lowest BCUT2D eigenvalue weighted by molar-refractivity contribution is 0.0918. The number of para-hydroxylation sites is 1. The lowest BCUT2D eigenvalue weighted by atomic mass is 10.1. The lowest BCUT2D eigenvalue weighted by Gasteiger charge is -2.10. The van der Waals surface area contributed by atoms with E-state index >= 15 is 0 Å². The summed E-state index contributed by atoms with van der Waals surface area (Å²) in [5, 5.41) is 7.20. The van der Waals surface area contributed by atoms with Crippen molar-refractivity contribution in [2.24, 2.45) is 0 Å². The number of furan rings is 1. The SMILES string of the molecule is CCn1cc(Br)c(CNC(=O)c2ccc(COc3c(C)cccc3C)o2)n1. The molecule has 2 aromatic heterocycles. The highest BCUT2D eigenvalue weighted by molar-refractivity contribution is 9.10. The molecule has 0 saturated heterocycles. The number of nitrogens with zero attached hydrogens (tertiary/aromatic N) is 2. The van der Waals surface area contributed by atoms with E-state index in [0.29, 0.717) is 12.3 Å². The van der Waals surface area contributed by atoms with Gasteiger partial charge in [-0.1, -0.05) is 18.2 Å². The molecule has 0 bridgehead atoms. The number of benzene rings is 1. The van der Waals surface area contributed by atoms with Crippen LogP contribution in [0.4, 0.5) is 0 Å². The zero-order chi connectivity index (χ0) is 19.4. The third kappa shape index (κ3) is 4.60. The van der Waals surface area contributed by atoms with Crippen molar-refractivity contribution in [2.45, 2.75) is 40.5 Å². The number of rotatable bonds is 7. The molecule has 0 atom stereocenters. The van der Waals surface area contributed by atoms with Gasteiger partial charge in [0.15, 0.2) is 5.76 Å². The third-order valence-electron chi connectivity index (χ3n) is 4.18. The van der Waals surface area contributed by atoms with E-state index in [0.717, 1.165) is 33.6 Å². The van der Waals surface area contributed by atoms with Crippen LogP contribution in [0.25, 0.3) is 0 Å². The highest BCUT2D eigenvalue weighted by atomic mass is 79.9. The molecule has 7 heteroatoms. The van der Waals surface area contributed by atoms with E-state index in [1.165, 1.54) is 0 Å². The minimum absolute atomic E-state index is 0.251. The summed E-state index contributed by atoms with van der Waals surface area (Å²) in [4.78, 5) is 12.3. The van der Waals surface area contributed by atoms with Crippen LogP contribution in [-0.4, -0.2) is 15.7 Å². The van der Waals surface area contributed by atoms with Gasteiger partial charge in [0, 0.05) is 12.7 Å². The lowest BCUT2D eigenvalue weighted by Crippen LogP contribution is -2.22. The predicted molar refractivity (Wildman–Crippen MR) is 106 cm³/mol. The fraction of sp³-hybridized carbons (Fsp3) is 0.300. The van der Waals surface area contributed by atoms with Gasteiger partial charge >= 0.3 is 0 Å². The molecule has 0 aliphatic rings. The Morgan fingerprint density at radius 2 is 2.00 bits per heavy atom. The molecule has 3 rings (SSSR count). The van der Waals surface area contributed by atoms with Crippen molar-refractivity contribution in [3.63, 3.8) is 0 Å². The molecular formula is C20H22BrN3O3. The van der Waals surface area contributed by atoms with Gasteiger partial charge in [-0.15, -0.1) is 0 Å². The van der Waals surface area contributed by atoms with Gasteiger partial charge in [-0.25, -0.2) is 0 Å². The van der Waals surface area contributed by atoms with Crippen LogP contribution in [0.1, 0.15) is 40.1 Å². The molecule has 0 unspecified atom stereocenters. The first-order valence-corrected chi connectivity index (χ1v) is 9.55.